The molecule has 1 atom stereocenters. The number of fused-ring (bicyclic) bond motifs is 1. The number of aromatic nitrogens is 2. The first kappa shape index (κ1) is 20.1. The molecule has 3 aromatic rings. The van der Waals surface area contributed by atoms with E-state index < -0.39 is 6.04 Å². The molecule has 3 heterocycles. The maximum atomic E-state index is 13.0. The number of imidazole rings is 1. The monoisotopic (exact) mass is 428 g/mol. The van der Waals surface area contributed by atoms with Crippen molar-refractivity contribution in [3.63, 3.8) is 0 Å². The van der Waals surface area contributed by atoms with Crippen molar-refractivity contribution in [2.75, 3.05) is 0 Å². The average molecular weight is 428 g/mol. The third-order valence-corrected chi connectivity index (χ3v) is 5.99. The fourth-order valence-electron chi connectivity index (χ4n) is 4.27. The van der Waals surface area contributed by atoms with Crippen LogP contribution in [0.4, 0.5) is 0 Å². The molecule has 1 saturated heterocycles. The van der Waals surface area contributed by atoms with Crippen molar-refractivity contribution in [3.8, 4) is 5.75 Å². The van der Waals surface area contributed by atoms with E-state index in [2.05, 4.69) is 29.0 Å². The van der Waals surface area contributed by atoms with Gasteiger partial charge in [0.1, 0.15) is 18.4 Å². The highest BCUT2D eigenvalue weighted by Crippen LogP contribution is 2.34. The van der Waals surface area contributed by atoms with Gasteiger partial charge in [0.25, 0.3) is 5.91 Å². The highest BCUT2D eigenvalue weighted by Gasteiger charge is 2.39. The standard InChI is InChI=1S/C25H24N4O3/c1-17-5-10-22(24(30)27-17)29-14-21-20(25(29)31)3-2-4-23(21)32-15-19-8-6-18(7-9-19)13-28-12-11-26-16-28/h2-4,6-9,11-12,16,22H,1,5,10,13-15H2,(H,27,30). The van der Waals surface area contributed by atoms with Gasteiger partial charge in [-0.3, -0.25) is 9.59 Å². The van der Waals surface area contributed by atoms with Crippen LogP contribution in [0.2, 0.25) is 0 Å². The SMILES string of the molecule is C=C1CCC(N2Cc3c(OCc4ccc(Cn5ccnc5)cc4)cccc3C2=O)C(=O)N1. The molecule has 0 spiro atoms. The van der Waals surface area contributed by atoms with Gasteiger partial charge in [0, 0.05) is 35.8 Å². The molecule has 5 rings (SSSR count). The summed E-state index contributed by atoms with van der Waals surface area (Å²) in [5.74, 6) is 0.393. The first-order chi connectivity index (χ1) is 15.6. The van der Waals surface area contributed by atoms with Crippen molar-refractivity contribution >= 4 is 11.8 Å². The van der Waals surface area contributed by atoms with E-state index in [1.807, 2.05) is 35.0 Å². The molecule has 2 aromatic carbocycles. The molecule has 1 fully saturated rings. The number of amides is 2. The lowest BCUT2D eigenvalue weighted by molar-refractivity contribution is -0.126. The molecule has 2 aliphatic rings. The highest BCUT2D eigenvalue weighted by atomic mass is 16.5. The second kappa shape index (κ2) is 8.34. The third-order valence-electron chi connectivity index (χ3n) is 5.99. The van der Waals surface area contributed by atoms with Crippen LogP contribution >= 0.6 is 0 Å². The van der Waals surface area contributed by atoms with E-state index in [4.69, 9.17) is 4.74 Å². The van der Waals surface area contributed by atoms with Crippen LogP contribution in [0.1, 0.15) is 39.9 Å². The van der Waals surface area contributed by atoms with Gasteiger partial charge in [-0.2, -0.15) is 0 Å². The van der Waals surface area contributed by atoms with Crippen molar-refractivity contribution in [1.29, 1.82) is 0 Å². The first-order valence-corrected chi connectivity index (χ1v) is 10.7. The smallest absolute Gasteiger partial charge is 0.255 e. The van der Waals surface area contributed by atoms with Gasteiger partial charge in [-0.25, -0.2) is 4.98 Å². The normalized spacial score (nSPS) is 17.9. The summed E-state index contributed by atoms with van der Waals surface area (Å²) < 4.78 is 8.12. The van der Waals surface area contributed by atoms with Crippen LogP contribution in [-0.2, 0) is 24.5 Å². The van der Waals surface area contributed by atoms with E-state index in [0.717, 1.165) is 17.7 Å². The summed E-state index contributed by atoms with van der Waals surface area (Å²) in [4.78, 5) is 31.1. The number of hydrogen-bond acceptors (Lipinski definition) is 4. The Morgan fingerprint density at radius 3 is 2.69 bits per heavy atom. The number of benzene rings is 2. The van der Waals surface area contributed by atoms with Gasteiger partial charge in [-0.05, 0) is 36.1 Å². The lowest BCUT2D eigenvalue weighted by Gasteiger charge is -2.31. The van der Waals surface area contributed by atoms with E-state index >= 15 is 0 Å². The van der Waals surface area contributed by atoms with Crippen LogP contribution in [0, 0.1) is 0 Å². The summed E-state index contributed by atoms with van der Waals surface area (Å²) in [7, 11) is 0. The molecular formula is C25H24N4O3. The molecule has 0 aliphatic carbocycles. The first-order valence-electron chi connectivity index (χ1n) is 10.7. The summed E-state index contributed by atoms with van der Waals surface area (Å²) in [6, 6.07) is 13.3. The Labute approximate surface area is 186 Å². The van der Waals surface area contributed by atoms with Crippen LogP contribution < -0.4 is 10.1 Å². The number of allylic oxidation sites excluding steroid dienone is 1. The molecule has 32 heavy (non-hydrogen) atoms. The van der Waals surface area contributed by atoms with Crippen LogP contribution in [0.15, 0.2) is 73.5 Å². The van der Waals surface area contributed by atoms with Gasteiger partial charge in [-0.1, -0.05) is 36.9 Å². The summed E-state index contributed by atoms with van der Waals surface area (Å²) >= 11 is 0. The van der Waals surface area contributed by atoms with Crippen LogP contribution in [0.25, 0.3) is 0 Å². The van der Waals surface area contributed by atoms with Gasteiger partial charge in [-0.15, -0.1) is 0 Å². The van der Waals surface area contributed by atoms with E-state index in [9.17, 15) is 9.59 Å². The van der Waals surface area contributed by atoms with E-state index in [-0.39, 0.29) is 11.8 Å². The number of ether oxygens (including phenoxy) is 1. The lowest BCUT2D eigenvalue weighted by atomic mass is 10.0. The number of carbonyl (C=O) groups excluding carboxylic acids is 2. The average Bonchev–Trinajstić information content (AvgIpc) is 3.42. The zero-order valence-corrected chi connectivity index (χ0v) is 17.7. The number of rotatable bonds is 6. The Morgan fingerprint density at radius 1 is 1.12 bits per heavy atom. The second-order valence-corrected chi connectivity index (χ2v) is 8.20. The highest BCUT2D eigenvalue weighted by molar-refractivity contribution is 6.02. The Bertz CT molecular complexity index is 1170. The molecule has 1 unspecified atom stereocenters. The minimum Gasteiger partial charge on any atom is -0.489 e. The van der Waals surface area contributed by atoms with Gasteiger partial charge in [0.2, 0.25) is 5.91 Å². The van der Waals surface area contributed by atoms with Crippen molar-refractivity contribution in [2.24, 2.45) is 0 Å². The minimum absolute atomic E-state index is 0.123. The van der Waals surface area contributed by atoms with Gasteiger partial charge < -0.3 is 19.5 Å². The largest absolute Gasteiger partial charge is 0.489 e. The van der Waals surface area contributed by atoms with E-state index in [0.29, 0.717) is 43.0 Å². The molecule has 0 bridgehead atoms. The number of nitrogens with zero attached hydrogens (tertiary/aromatic N) is 3. The predicted octanol–water partition coefficient (Wildman–Crippen LogP) is 3.26. The molecular weight excluding hydrogens is 404 g/mol. The molecule has 7 heteroatoms. The summed E-state index contributed by atoms with van der Waals surface area (Å²) in [5, 5.41) is 2.77. The second-order valence-electron chi connectivity index (χ2n) is 8.20. The summed E-state index contributed by atoms with van der Waals surface area (Å²) in [6.07, 6.45) is 6.77. The van der Waals surface area contributed by atoms with Crippen molar-refractivity contribution in [2.45, 2.75) is 38.6 Å². The van der Waals surface area contributed by atoms with Gasteiger partial charge >= 0.3 is 0 Å². The fraction of sp³-hybridized carbons (Fsp3) is 0.240. The van der Waals surface area contributed by atoms with Crippen LogP contribution in [-0.4, -0.2) is 32.3 Å². The van der Waals surface area contributed by atoms with E-state index in [1.54, 1.807) is 23.5 Å². The Kier molecular flexibility index (Phi) is 5.23. The molecule has 2 aliphatic heterocycles. The minimum atomic E-state index is -0.476. The van der Waals surface area contributed by atoms with Crippen LogP contribution in [0.3, 0.4) is 0 Å². The fourth-order valence-corrected chi connectivity index (χ4v) is 4.27. The Balaban J connectivity index is 1.27. The summed E-state index contributed by atoms with van der Waals surface area (Å²) in [6.45, 7) is 5.36. The molecule has 0 radical (unpaired) electrons. The summed E-state index contributed by atoms with van der Waals surface area (Å²) in [5.41, 5.74) is 4.38. The lowest BCUT2D eigenvalue weighted by Crippen LogP contribution is -2.49. The molecule has 1 aromatic heterocycles. The third kappa shape index (κ3) is 3.89. The van der Waals surface area contributed by atoms with Crippen molar-refractivity contribution in [1.82, 2.24) is 19.8 Å². The number of hydrogen-bond donors (Lipinski definition) is 1. The number of piperidine rings is 1. The zero-order valence-electron chi connectivity index (χ0n) is 17.7. The van der Waals surface area contributed by atoms with Gasteiger partial charge in [0.05, 0.1) is 12.9 Å². The molecule has 162 valence electrons. The predicted molar refractivity (Wildman–Crippen MR) is 119 cm³/mol. The molecule has 2 amide bonds. The Morgan fingerprint density at radius 2 is 1.94 bits per heavy atom. The zero-order chi connectivity index (χ0) is 22.1. The molecule has 1 N–H and O–H groups in total. The number of carbonyl (C=O) groups is 2. The molecule has 7 nitrogen and oxygen atoms in total. The maximum Gasteiger partial charge on any atom is 0.255 e. The Hall–Kier alpha value is -3.87. The van der Waals surface area contributed by atoms with E-state index in [1.165, 1.54) is 5.56 Å². The van der Waals surface area contributed by atoms with Crippen molar-refractivity contribution < 1.29 is 14.3 Å². The van der Waals surface area contributed by atoms with Crippen LogP contribution in [0.5, 0.6) is 5.75 Å². The molecule has 0 saturated carbocycles. The maximum absolute atomic E-state index is 13.0. The quantitative estimate of drug-likeness (QED) is 0.654. The topological polar surface area (TPSA) is 76.5 Å². The van der Waals surface area contributed by atoms with Gasteiger partial charge in [0.15, 0.2) is 0 Å². The number of nitrogens with one attached hydrogen (secondary N) is 1. The van der Waals surface area contributed by atoms with Crippen molar-refractivity contribution in [3.05, 3.63) is 95.7 Å².